The number of nitrogens with one attached hydrogen (secondary N) is 4. The lowest BCUT2D eigenvalue weighted by atomic mass is 10.1. The highest BCUT2D eigenvalue weighted by atomic mass is 15.8. The van der Waals surface area contributed by atoms with Gasteiger partial charge in [0, 0.05) is 6.42 Å². The first-order valence-corrected chi connectivity index (χ1v) is 5.25. The predicted octanol–water partition coefficient (Wildman–Crippen LogP) is -1.35. The van der Waals surface area contributed by atoms with Crippen molar-refractivity contribution in [1.29, 1.82) is 0 Å². The molecule has 8 nitrogen and oxygen atoms in total. The fraction of sp³-hybridized carbons (Fsp3) is 0.222. The van der Waals surface area contributed by atoms with E-state index in [1.807, 2.05) is 12.1 Å². The molecule has 0 radical (unpaired) electrons. The maximum absolute atomic E-state index is 3.83. The fourth-order valence-electron chi connectivity index (χ4n) is 1.68. The molecule has 2 heterocycles. The fourth-order valence-corrected chi connectivity index (χ4v) is 1.68. The first kappa shape index (κ1) is 10.3. The highest BCUT2D eigenvalue weighted by Gasteiger charge is 2.12. The summed E-state index contributed by atoms with van der Waals surface area (Å²) in [7, 11) is 0. The van der Waals surface area contributed by atoms with Gasteiger partial charge in [0.1, 0.15) is 6.33 Å². The van der Waals surface area contributed by atoms with Crippen LogP contribution in [0, 0.1) is 0 Å². The molecule has 0 bridgehead atoms. The Morgan fingerprint density at radius 2 is 1.88 bits per heavy atom. The number of hydrazine groups is 3. The van der Waals surface area contributed by atoms with E-state index >= 15 is 0 Å². The molecule has 1 aromatic heterocycles. The molecule has 1 fully saturated rings. The second kappa shape index (κ2) is 4.55. The van der Waals surface area contributed by atoms with Crippen molar-refractivity contribution in [3.8, 4) is 5.69 Å². The Labute approximate surface area is 97.3 Å². The molecule has 3 rings (SSSR count). The molecule has 8 heteroatoms. The van der Waals surface area contributed by atoms with E-state index in [1.54, 1.807) is 11.0 Å². The van der Waals surface area contributed by atoms with Crippen molar-refractivity contribution < 1.29 is 0 Å². The SMILES string of the molecule is c1cc(-n2cnnn2)ccc1CC1NNNN1. The number of aromatic nitrogens is 4. The highest BCUT2D eigenvalue weighted by molar-refractivity contribution is 5.33. The molecule has 0 spiro atoms. The minimum Gasteiger partial charge on any atom is -0.224 e. The number of hydrogen-bond donors (Lipinski definition) is 4. The van der Waals surface area contributed by atoms with E-state index in [0.29, 0.717) is 0 Å². The Kier molecular flexibility index (Phi) is 2.76. The zero-order chi connectivity index (χ0) is 11.5. The van der Waals surface area contributed by atoms with E-state index < -0.39 is 0 Å². The van der Waals surface area contributed by atoms with Gasteiger partial charge in [0.05, 0.1) is 11.9 Å². The van der Waals surface area contributed by atoms with Crippen molar-refractivity contribution in [3.05, 3.63) is 36.2 Å². The molecule has 1 aliphatic rings. The topological polar surface area (TPSA) is 91.7 Å². The van der Waals surface area contributed by atoms with Gasteiger partial charge >= 0.3 is 0 Å². The van der Waals surface area contributed by atoms with Gasteiger partial charge < -0.3 is 0 Å². The lowest BCUT2D eigenvalue weighted by Crippen LogP contribution is -2.35. The number of benzene rings is 1. The average Bonchev–Trinajstić information content (AvgIpc) is 3.01. The summed E-state index contributed by atoms with van der Waals surface area (Å²) in [5, 5.41) is 11.0. The van der Waals surface area contributed by atoms with Crippen molar-refractivity contribution in [2.45, 2.75) is 12.6 Å². The van der Waals surface area contributed by atoms with Crippen LogP contribution in [0.3, 0.4) is 0 Å². The monoisotopic (exact) mass is 232 g/mol. The van der Waals surface area contributed by atoms with Crippen molar-refractivity contribution in [1.82, 2.24) is 42.1 Å². The Morgan fingerprint density at radius 3 is 2.53 bits per heavy atom. The van der Waals surface area contributed by atoms with Gasteiger partial charge in [0.25, 0.3) is 0 Å². The standard InChI is InChI=1S/C9H12N8/c1-3-8(17-6-10-13-16-17)4-2-7(1)5-9-11-14-15-12-9/h1-4,6,9,11-12,14-15H,5H2. The Hall–Kier alpha value is -1.87. The molecular weight excluding hydrogens is 220 g/mol. The van der Waals surface area contributed by atoms with E-state index in [4.69, 9.17) is 0 Å². The van der Waals surface area contributed by atoms with Crippen LogP contribution in [-0.2, 0) is 6.42 Å². The minimum atomic E-state index is 0.175. The van der Waals surface area contributed by atoms with Gasteiger partial charge in [-0.2, -0.15) is 11.1 Å². The molecule has 1 saturated heterocycles. The maximum atomic E-state index is 3.83. The molecule has 0 aliphatic carbocycles. The second-order valence-electron chi connectivity index (χ2n) is 3.72. The van der Waals surface area contributed by atoms with Crippen molar-refractivity contribution in [3.63, 3.8) is 0 Å². The summed E-state index contributed by atoms with van der Waals surface area (Å²) in [5.41, 5.74) is 13.8. The largest absolute Gasteiger partial charge is 0.224 e. The molecule has 0 atom stereocenters. The normalized spacial score (nSPS) is 16.5. The average molecular weight is 232 g/mol. The zero-order valence-corrected chi connectivity index (χ0v) is 8.96. The van der Waals surface area contributed by atoms with Crippen molar-refractivity contribution >= 4 is 0 Å². The molecule has 17 heavy (non-hydrogen) atoms. The van der Waals surface area contributed by atoms with E-state index in [0.717, 1.165) is 12.1 Å². The second-order valence-corrected chi connectivity index (χ2v) is 3.72. The lowest BCUT2D eigenvalue weighted by molar-refractivity contribution is 0.522. The van der Waals surface area contributed by atoms with Gasteiger partial charge in [0.2, 0.25) is 0 Å². The van der Waals surface area contributed by atoms with Crippen molar-refractivity contribution in [2.75, 3.05) is 0 Å². The number of rotatable bonds is 3. The van der Waals surface area contributed by atoms with Gasteiger partial charge in [0.15, 0.2) is 0 Å². The first-order chi connectivity index (χ1) is 8.42. The molecule has 2 aromatic rings. The Morgan fingerprint density at radius 1 is 1.12 bits per heavy atom. The summed E-state index contributed by atoms with van der Waals surface area (Å²) in [4.78, 5) is 0. The van der Waals surface area contributed by atoms with Crippen LogP contribution in [0.25, 0.3) is 5.69 Å². The number of hydrogen-bond acceptors (Lipinski definition) is 7. The molecule has 4 N–H and O–H groups in total. The highest BCUT2D eigenvalue weighted by Crippen LogP contribution is 2.09. The van der Waals surface area contributed by atoms with Gasteiger partial charge in [-0.3, -0.25) is 0 Å². The smallest absolute Gasteiger partial charge is 0.143 e. The van der Waals surface area contributed by atoms with E-state index in [9.17, 15) is 0 Å². The first-order valence-electron chi connectivity index (χ1n) is 5.25. The van der Waals surface area contributed by atoms with Gasteiger partial charge in [-0.05, 0) is 28.1 Å². The summed E-state index contributed by atoms with van der Waals surface area (Å²) < 4.78 is 1.62. The quantitative estimate of drug-likeness (QED) is 0.520. The number of tetrazole rings is 1. The van der Waals surface area contributed by atoms with E-state index in [2.05, 4.69) is 49.6 Å². The van der Waals surface area contributed by atoms with Crippen LogP contribution in [0.4, 0.5) is 0 Å². The van der Waals surface area contributed by atoms with Crippen molar-refractivity contribution in [2.24, 2.45) is 0 Å². The predicted molar refractivity (Wildman–Crippen MR) is 59.2 cm³/mol. The lowest BCUT2D eigenvalue weighted by Gasteiger charge is -2.09. The summed E-state index contributed by atoms with van der Waals surface area (Å²) in [6, 6.07) is 8.08. The van der Waals surface area contributed by atoms with E-state index in [1.165, 1.54) is 5.56 Å². The summed E-state index contributed by atoms with van der Waals surface area (Å²) in [6.07, 6.45) is 2.62. The van der Waals surface area contributed by atoms with Gasteiger partial charge in [-0.15, -0.1) is 5.10 Å². The van der Waals surface area contributed by atoms with Crippen LogP contribution >= 0.6 is 0 Å². The van der Waals surface area contributed by atoms with Gasteiger partial charge in [-0.25, -0.2) is 15.5 Å². The van der Waals surface area contributed by atoms with Crippen LogP contribution in [0.5, 0.6) is 0 Å². The van der Waals surface area contributed by atoms with Crippen LogP contribution < -0.4 is 21.9 Å². The summed E-state index contributed by atoms with van der Waals surface area (Å²) in [6.45, 7) is 0. The van der Waals surface area contributed by atoms with Gasteiger partial charge in [-0.1, -0.05) is 12.1 Å². The number of nitrogens with zero attached hydrogens (tertiary/aromatic N) is 4. The third-order valence-electron chi connectivity index (χ3n) is 2.55. The Balaban J connectivity index is 1.71. The van der Waals surface area contributed by atoms with Crippen LogP contribution in [0.2, 0.25) is 0 Å². The zero-order valence-electron chi connectivity index (χ0n) is 8.96. The molecular formula is C9H12N8. The maximum Gasteiger partial charge on any atom is 0.143 e. The molecule has 0 saturated carbocycles. The molecule has 1 aliphatic heterocycles. The molecule has 0 unspecified atom stereocenters. The third kappa shape index (κ3) is 2.29. The Bertz CT molecular complexity index is 458. The third-order valence-corrected chi connectivity index (χ3v) is 2.55. The summed E-state index contributed by atoms with van der Waals surface area (Å²) >= 11 is 0. The molecule has 88 valence electrons. The van der Waals surface area contributed by atoms with Crippen LogP contribution in [-0.4, -0.2) is 26.4 Å². The van der Waals surface area contributed by atoms with E-state index in [-0.39, 0.29) is 6.17 Å². The minimum absolute atomic E-state index is 0.175. The van der Waals surface area contributed by atoms with Crippen LogP contribution in [0.15, 0.2) is 30.6 Å². The molecule has 0 amide bonds. The molecule has 1 aromatic carbocycles. The summed E-state index contributed by atoms with van der Waals surface area (Å²) in [5.74, 6) is 0. The van der Waals surface area contributed by atoms with Crippen LogP contribution in [0.1, 0.15) is 5.56 Å².